The van der Waals surface area contributed by atoms with E-state index in [2.05, 4.69) is 27.3 Å². The number of fused-ring (bicyclic) bond motifs is 4. The zero-order valence-electron chi connectivity index (χ0n) is 24.4. The standard InChI is InChI=1S/C35H25BrClN5O3S/c1-44-27-14-9-22(10-15-27)33-23(20-41(40-33)26-5-3-2-4-6-26)17-32-35(38-34(43)46-32)42-30(28-18-24(36)11-16-31(28)45-35)19-29(39-42)21-7-12-25(37)13-8-21/h2-18,20,30H,19H2,1H3,(H,38,43)/b32-17-. The van der Waals surface area contributed by atoms with Crippen molar-refractivity contribution in [3.8, 4) is 28.4 Å². The number of amides is 1. The molecule has 0 bridgehead atoms. The third kappa shape index (κ3) is 4.97. The van der Waals surface area contributed by atoms with E-state index in [0.717, 1.165) is 61.3 Å². The highest BCUT2D eigenvalue weighted by atomic mass is 79.9. The Labute approximate surface area is 282 Å². The van der Waals surface area contributed by atoms with Gasteiger partial charge in [-0.15, -0.1) is 0 Å². The lowest BCUT2D eigenvalue weighted by atomic mass is 9.95. The topological polar surface area (TPSA) is 81.0 Å². The largest absolute Gasteiger partial charge is 0.497 e. The summed E-state index contributed by atoms with van der Waals surface area (Å²) in [5.41, 5.74) is 6.19. The van der Waals surface area contributed by atoms with Gasteiger partial charge in [0.25, 0.3) is 5.24 Å². The molecular weight excluding hydrogens is 686 g/mol. The summed E-state index contributed by atoms with van der Waals surface area (Å²) >= 11 is 10.9. The monoisotopic (exact) mass is 709 g/mol. The van der Waals surface area contributed by atoms with E-state index in [4.69, 9.17) is 31.3 Å². The lowest BCUT2D eigenvalue weighted by Crippen LogP contribution is -2.61. The molecule has 3 aliphatic heterocycles. The number of benzene rings is 4. The van der Waals surface area contributed by atoms with Gasteiger partial charge in [0.15, 0.2) is 0 Å². The van der Waals surface area contributed by atoms with Crippen molar-refractivity contribution in [2.45, 2.75) is 18.3 Å². The summed E-state index contributed by atoms with van der Waals surface area (Å²) in [7, 11) is 1.64. The molecule has 11 heteroatoms. The zero-order chi connectivity index (χ0) is 31.4. The fourth-order valence-corrected chi connectivity index (χ4v) is 7.43. The molecule has 5 aromatic rings. The number of hydrazone groups is 1. The van der Waals surface area contributed by atoms with Gasteiger partial charge in [0, 0.05) is 38.8 Å². The lowest BCUT2D eigenvalue weighted by Gasteiger charge is -2.45. The average Bonchev–Trinajstić information content (AvgIpc) is 3.79. The van der Waals surface area contributed by atoms with Gasteiger partial charge in [-0.2, -0.15) is 10.2 Å². The summed E-state index contributed by atoms with van der Waals surface area (Å²) in [6.45, 7) is 0. The van der Waals surface area contributed by atoms with Gasteiger partial charge >= 0.3 is 5.85 Å². The Morgan fingerprint density at radius 1 is 1.04 bits per heavy atom. The first kappa shape index (κ1) is 28.9. The second kappa shape index (κ2) is 11.4. The summed E-state index contributed by atoms with van der Waals surface area (Å²) in [5.74, 6) is 0.0654. The molecule has 4 heterocycles. The molecule has 1 N–H and O–H groups in total. The molecule has 1 fully saturated rings. The number of ether oxygens (including phenoxy) is 2. The second-order valence-electron chi connectivity index (χ2n) is 11.0. The highest BCUT2D eigenvalue weighted by molar-refractivity contribution is 9.10. The van der Waals surface area contributed by atoms with Crippen LogP contribution in [0.2, 0.25) is 5.02 Å². The number of carbonyl (C=O) groups is 1. The van der Waals surface area contributed by atoms with Gasteiger partial charge in [-0.3, -0.25) is 10.1 Å². The SMILES string of the molecule is COc1ccc(-c2nn(-c3ccccc3)cc2/C=C2\SC(=O)NC23Oc2ccc(Br)cc2C2CC(c4ccc(Cl)cc4)=NN23)cc1. The Balaban J connectivity index is 1.29. The Hall–Kier alpha value is -4.51. The lowest BCUT2D eigenvalue weighted by molar-refractivity contribution is -0.0949. The number of aromatic nitrogens is 2. The maximum absolute atomic E-state index is 13.3. The third-order valence-electron chi connectivity index (χ3n) is 8.22. The number of nitrogens with one attached hydrogen (secondary N) is 1. The van der Waals surface area contributed by atoms with Crippen molar-refractivity contribution in [1.82, 2.24) is 20.1 Å². The molecule has 1 amide bonds. The third-order valence-corrected chi connectivity index (χ3v) is 9.87. The molecule has 228 valence electrons. The molecule has 8 nitrogen and oxygen atoms in total. The minimum absolute atomic E-state index is 0.192. The zero-order valence-corrected chi connectivity index (χ0v) is 27.5. The normalized spacial score (nSPS) is 20.7. The van der Waals surface area contributed by atoms with Gasteiger partial charge in [0.05, 0.1) is 35.1 Å². The molecule has 0 radical (unpaired) electrons. The van der Waals surface area contributed by atoms with Crippen LogP contribution in [0.25, 0.3) is 23.0 Å². The summed E-state index contributed by atoms with van der Waals surface area (Å²) in [6, 6.07) is 31.1. The van der Waals surface area contributed by atoms with E-state index in [0.29, 0.717) is 22.1 Å². The van der Waals surface area contributed by atoms with Crippen LogP contribution in [0.1, 0.15) is 29.2 Å². The van der Waals surface area contributed by atoms with Crippen LogP contribution in [0.4, 0.5) is 4.79 Å². The Morgan fingerprint density at radius 2 is 1.80 bits per heavy atom. The van der Waals surface area contributed by atoms with Crippen molar-refractivity contribution in [3.63, 3.8) is 0 Å². The van der Waals surface area contributed by atoms with E-state index in [1.807, 2.05) is 113 Å². The molecule has 3 aliphatic rings. The first-order valence-electron chi connectivity index (χ1n) is 14.5. The van der Waals surface area contributed by atoms with Crippen molar-refractivity contribution in [2.24, 2.45) is 5.10 Å². The van der Waals surface area contributed by atoms with Gasteiger partial charge < -0.3 is 9.47 Å². The molecular formula is C35H25BrClN5O3S. The van der Waals surface area contributed by atoms with Crippen LogP contribution < -0.4 is 14.8 Å². The number of para-hydroxylation sites is 1. The smallest absolute Gasteiger partial charge is 0.314 e. The van der Waals surface area contributed by atoms with Crippen molar-refractivity contribution in [3.05, 3.63) is 134 Å². The van der Waals surface area contributed by atoms with E-state index in [1.165, 1.54) is 0 Å². The van der Waals surface area contributed by atoms with Gasteiger partial charge in [-0.25, -0.2) is 9.69 Å². The quantitative estimate of drug-likeness (QED) is 0.197. The Kier molecular flexibility index (Phi) is 7.16. The van der Waals surface area contributed by atoms with E-state index in [9.17, 15) is 4.79 Å². The molecule has 0 aliphatic carbocycles. The summed E-state index contributed by atoms with van der Waals surface area (Å²) < 4.78 is 15.0. The van der Waals surface area contributed by atoms with Crippen molar-refractivity contribution in [1.29, 1.82) is 0 Å². The molecule has 1 saturated heterocycles. The van der Waals surface area contributed by atoms with Crippen LogP contribution in [-0.2, 0) is 0 Å². The van der Waals surface area contributed by atoms with E-state index in [-0.39, 0.29) is 11.3 Å². The van der Waals surface area contributed by atoms with Crippen molar-refractivity contribution >= 4 is 56.3 Å². The van der Waals surface area contributed by atoms with Crippen LogP contribution >= 0.6 is 39.3 Å². The van der Waals surface area contributed by atoms with Gasteiger partial charge in [0.2, 0.25) is 0 Å². The second-order valence-corrected chi connectivity index (χ2v) is 13.4. The summed E-state index contributed by atoms with van der Waals surface area (Å²) in [5, 5.41) is 15.6. The minimum Gasteiger partial charge on any atom is -0.497 e. The maximum Gasteiger partial charge on any atom is 0.314 e. The van der Waals surface area contributed by atoms with Crippen molar-refractivity contribution in [2.75, 3.05) is 7.11 Å². The molecule has 1 aromatic heterocycles. The number of thioether (sulfide) groups is 1. The average molecular weight is 711 g/mol. The summed E-state index contributed by atoms with van der Waals surface area (Å²) in [4.78, 5) is 14.0. The summed E-state index contributed by atoms with van der Waals surface area (Å²) in [6.07, 6.45) is 4.56. The molecule has 2 unspecified atom stereocenters. The predicted octanol–water partition coefficient (Wildman–Crippen LogP) is 8.66. The maximum atomic E-state index is 13.3. The highest BCUT2D eigenvalue weighted by Gasteiger charge is 2.58. The number of hydrogen-bond donors (Lipinski definition) is 1. The van der Waals surface area contributed by atoms with Gasteiger partial charge in [0.1, 0.15) is 11.5 Å². The first-order chi connectivity index (χ1) is 22.4. The molecule has 1 spiro atoms. The van der Waals surface area contributed by atoms with E-state index in [1.54, 1.807) is 7.11 Å². The van der Waals surface area contributed by atoms with Crippen LogP contribution in [0, 0.1) is 0 Å². The number of hydrogen-bond acceptors (Lipinski definition) is 7. The Morgan fingerprint density at radius 3 is 2.57 bits per heavy atom. The molecule has 0 saturated carbocycles. The van der Waals surface area contributed by atoms with Gasteiger partial charge in [-0.05, 0) is 90.1 Å². The number of methoxy groups -OCH3 is 1. The van der Waals surface area contributed by atoms with E-state index >= 15 is 0 Å². The molecule has 2 atom stereocenters. The first-order valence-corrected chi connectivity index (χ1v) is 16.5. The van der Waals surface area contributed by atoms with E-state index < -0.39 is 5.85 Å². The number of nitrogens with zero attached hydrogens (tertiary/aromatic N) is 4. The van der Waals surface area contributed by atoms with Gasteiger partial charge in [-0.1, -0.05) is 57.9 Å². The molecule has 4 aromatic carbocycles. The van der Waals surface area contributed by atoms with Crippen LogP contribution in [0.3, 0.4) is 0 Å². The fraction of sp³-hybridized carbons (Fsp3) is 0.114. The predicted molar refractivity (Wildman–Crippen MR) is 184 cm³/mol. The van der Waals surface area contributed by atoms with Crippen molar-refractivity contribution < 1.29 is 14.3 Å². The van der Waals surface area contributed by atoms with Crippen LogP contribution in [0.15, 0.2) is 118 Å². The molecule has 8 rings (SSSR count). The van der Waals surface area contributed by atoms with Crippen LogP contribution in [0.5, 0.6) is 11.5 Å². The number of halogens is 2. The Bertz CT molecular complexity index is 2050. The van der Waals surface area contributed by atoms with Crippen LogP contribution in [-0.4, -0.2) is 38.7 Å². The molecule has 46 heavy (non-hydrogen) atoms. The fourth-order valence-electron chi connectivity index (χ4n) is 6.03. The number of rotatable bonds is 5. The minimum atomic E-state index is -1.37. The highest BCUT2D eigenvalue weighted by Crippen LogP contribution is 2.53. The number of carbonyl (C=O) groups excluding carboxylic acids is 1.